The molecule has 0 spiro atoms. The Labute approximate surface area is 169 Å². The molecule has 8 nitrogen and oxygen atoms in total. The van der Waals surface area contributed by atoms with Crippen molar-refractivity contribution in [1.29, 1.82) is 0 Å². The van der Waals surface area contributed by atoms with E-state index in [1.165, 1.54) is 19.1 Å². The van der Waals surface area contributed by atoms with Crippen molar-refractivity contribution in [3.63, 3.8) is 0 Å². The van der Waals surface area contributed by atoms with E-state index in [9.17, 15) is 19.5 Å². The number of hydrogen-bond acceptors (Lipinski definition) is 5. The van der Waals surface area contributed by atoms with Gasteiger partial charge in [-0.2, -0.15) is 0 Å². The third-order valence-electron chi connectivity index (χ3n) is 4.37. The number of carbonyl (C=O) groups is 3. The van der Waals surface area contributed by atoms with Crippen molar-refractivity contribution in [3.8, 4) is 5.75 Å². The molecule has 0 aliphatic heterocycles. The third kappa shape index (κ3) is 6.93. The number of aromatic hydroxyl groups is 1. The molecule has 2 aromatic rings. The number of nitrogens with two attached hydrogens (primary N) is 2. The number of amides is 3. The largest absolute Gasteiger partial charge is 0.508 e. The van der Waals surface area contributed by atoms with Crippen LogP contribution in [0.3, 0.4) is 0 Å². The number of nitrogens with one attached hydrogen (secondary N) is 2. The summed E-state index contributed by atoms with van der Waals surface area (Å²) in [5.74, 6) is -1.63. The number of carbonyl (C=O) groups excluding carboxylic acids is 3. The van der Waals surface area contributed by atoms with Gasteiger partial charge in [-0.3, -0.25) is 14.4 Å². The van der Waals surface area contributed by atoms with E-state index in [1.807, 2.05) is 30.3 Å². The van der Waals surface area contributed by atoms with Gasteiger partial charge in [0.2, 0.25) is 17.7 Å². The van der Waals surface area contributed by atoms with E-state index in [0.717, 1.165) is 5.56 Å². The van der Waals surface area contributed by atoms with E-state index in [0.29, 0.717) is 5.56 Å². The maximum atomic E-state index is 12.9. The average molecular weight is 398 g/mol. The van der Waals surface area contributed by atoms with Crippen LogP contribution < -0.4 is 22.1 Å². The molecular weight excluding hydrogens is 372 g/mol. The summed E-state index contributed by atoms with van der Waals surface area (Å²) in [5, 5.41) is 14.6. The first kappa shape index (κ1) is 21.9. The van der Waals surface area contributed by atoms with Gasteiger partial charge in [-0.25, -0.2) is 0 Å². The summed E-state index contributed by atoms with van der Waals surface area (Å²) in [6.07, 6.45) is 0.385. The molecule has 154 valence electrons. The first-order chi connectivity index (χ1) is 13.8. The molecule has 3 atom stereocenters. The molecule has 0 unspecified atom stereocenters. The van der Waals surface area contributed by atoms with E-state index in [4.69, 9.17) is 11.5 Å². The van der Waals surface area contributed by atoms with Crippen molar-refractivity contribution >= 4 is 17.7 Å². The topological polar surface area (TPSA) is 148 Å². The normalized spacial score (nSPS) is 13.7. The van der Waals surface area contributed by atoms with Crippen LogP contribution in [0.25, 0.3) is 0 Å². The lowest BCUT2D eigenvalue weighted by Crippen LogP contribution is -2.56. The Morgan fingerprint density at radius 1 is 0.862 bits per heavy atom. The first-order valence-electron chi connectivity index (χ1n) is 9.23. The summed E-state index contributed by atoms with van der Waals surface area (Å²) in [6.45, 7) is 1.51. The van der Waals surface area contributed by atoms with E-state index >= 15 is 0 Å². The number of hydrogen-bond donors (Lipinski definition) is 5. The number of benzene rings is 2. The third-order valence-corrected chi connectivity index (χ3v) is 4.37. The lowest BCUT2D eigenvalue weighted by atomic mass is 10.0. The van der Waals surface area contributed by atoms with Crippen LogP contribution in [0.2, 0.25) is 0 Å². The summed E-state index contributed by atoms with van der Waals surface area (Å²) in [4.78, 5) is 36.8. The second kappa shape index (κ2) is 10.2. The monoisotopic (exact) mass is 398 g/mol. The molecule has 0 bridgehead atoms. The second-order valence-corrected chi connectivity index (χ2v) is 6.87. The standard InChI is InChI=1S/C21H26N4O4/c1-13(22)20(28)25-18(12-15-7-9-16(26)10-8-15)21(29)24-17(19(23)27)11-14-5-3-2-4-6-14/h2-10,13,17-18,26H,11-12,22H2,1H3,(H2,23,27)(H,24,29)(H,25,28)/t13-,17-,18-/m0/s1. The predicted octanol–water partition coefficient (Wildman–Crippen LogP) is -0.0205. The molecule has 3 amide bonds. The molecule has 0 radical (unpaired) electrons. The van der Waals surface area contributed by atoms with Crippen LogP contribution in [-0.4, -0.2) is 41.0 Å². The number of phenolic OH excluding ortho intramolecular Hbond substituents is 1. The zero-order valence-corrected chi connectivity index (χ0v) is 16.2. The van der Waals surface area contributed by atoms with E-state index < -0.39 is 35.8 Å². The van der Waals surface area contributed by atoms with Crippen molar-refractivity contribution in [2.75, 3.05) is 0 Å². The zero-order chi connectivity index (χ0) is 21.4. The van der Waals surface area contributed by atoms with Crippen molar-refractivity contribution in [2.24, 2.45) is 11.5 Å². The van der Waals surface area contributed by atoms with Gasteiger partial charge in [-0.1, -0.05) is 42.5 Å². The summed E-state index contributed by atoms with van der Waals surface area (Å²) in [6, 6.07) is 12.7. The van der Waals surface area contributed by atoms with Gasteiger partial charge in [0, 0.05) is 12.8 Å². The fourth-order valence-electron chi connectivity index (χ4n) is 2.73. The predicted molar refractivity (Wildman–Crippen MR) is 109 cm³/mol. The van der Waals surface area contributed by atoms with Gasteiger partial charge in [0.1, 0.15) is 17.8 Å². The molecule has 29 heavy (non-hydrogen) atoms. The van der Waals surface area contributed by atoms with Gasteiger partial charge in [-0.15, -0.1) is 0 Å². The van der Waals surface area contributed by atoms with Crippen molar-refractivity contribution in [1.82, 2.24) is 10.6 Å². The van der Waals surface area contributed by atoms with Crippen LogP contribution in [0.1, 0.15) is 18.1 Å². The Bertz CT molecular complexity index is 838. The van der Waals surface area contributed by atoms with Gasteiger partial charge in [0.25, 0.3) is 0 Å². The molecular formula is C21H26N4O4. The van der Waals surface area contributed by atoms with E-state index in [1.54, 1.807) is 12.1 Å². The van der Waals surface area contributed by atoms with Crippen molar-refractivity contribution in [2.45, 2.75) is 37.9 Å². The molecule has 0 saturated carbocycles. The zero-order valence-electron chi connectivity index (χ0n) is 16.2. The Hall–Kier alpha value is -3.39. The molecule has 0 fully saturated rings. The molecule has 0 aliphatic carbocycles. The fourth-order valence-corrected chi connectivity index (χ4v) is 2.73. The average Bonchev–Trinajstić information content (AvgIpc) is 2.69. The van der Waals surface area contributed by atoms with E-state index in [2.05, 4.69) is 10.6 Å². The SMILES string of the molecule is C[C@H](N)C(=O)N[C@@H](Cc1ccc(O)cc1)C(=O)N[C@@H](Cc1ccccc1)C(N)=O. The van der Waals surface area contributed by atoms with Crippen LogP contribution in [-0.2, 0) is 27.2 Å². The minimum absolute atomic E-state index is 0.0889. The molecule has 2 rings (SSSR count). The maximum absolute atomic E-state index is 12.9. The molecule has 0 saturated heterocycles. The Morgan fingerprint density at radius 3 is 1.93 bits per heavy atom. The van der Waals surface area contributed by atoms with Crippen molar-refractivity contribution < 1.29 is 19.5 Å². The lowest BCUT2D eigenvalue weighted by Gasteiger charge is -2.23. The summed E-state index contributed by atoms with van der Waals surface area (Å²) in [7, 11) is 0. The smallest absolute Gasteiger partial charge is 0.243 e. The number of primary amides is 1. The quantitative estimate of drug-likeness (QED) is 0.403. The van der Waals surface area contributed by atoms with Gasteiger partial charge in [0.15, 0.2) is 0 Å². The number of rotatable bonds is 9. The lowest BCUT2D eigenvalue weighted by molar-refractivity contribution is -0.131. The Balaban J connectivity index is 2.15. The fraction of sp³-hybridized carbons (Fsp3) is 0.286. The minimum atomic E-state index is -0.962. The highest BCUT2D eigenvalue weighted by atomic mass is 16.3. The summed E-state index contributed by atoms with van der Waals surface area (Å²) < 4.78 is 0. The van der Waals surface area contributed by atoms with Crippen LogP contribution in [0, 0.1) is 0 Å². The first-order valence-corrected chi connectivity index (χ1v) is 9.23. The molecule has 0 aliphatic rings. The van der Waals surface area contributed by atoms with E-state index in [-0.39, 0.29) is 18.6 Å². The van der Waals surface area contributed by atoms with Gasteiger partial charge < -0.3 is 27.2 Å². The summed E-state index contributed by atoms with van der Waals surface area (Å²) in [5.41, 5.74) is 12.6. The highest BCUT2D eigenvalue weighted by Crippen LogP contribution is 2.12. The Morgan fingerprint density at radius 2 is 1.38 bits per heavy atom. The molecule has 0 aromatic heterocycles. The van der Waals surface area contributed by atoms with Crippen molar-refractivity contribution in [3.05, 3.63) is 65.7 Å². The molecule has 7 N–H and O–H groups in total. The van der Waals surface area contributed by atoms with Crippen LogP contribution in [0.4, 0.5) is 0 Å². The molecule has 8 heteroatoms. The minimum Gasteiger partial charge on any atom is -0.508 e. The van der Waals surface area contributed by atoms with Gasteiger partial charge >= 0.3 is 0 Å². The van der Waals surface area contributed by atoms with Gasteiger partial charge in [0.05, 0.1) is 6.04 Å². The summed E-state index contributed by atoms with van der Waals surface area (Å²) >= 11 is 0. The highest BCUT2D eigenvalue weighted by molar-refractivity contribution is 5.92. The maximum Gasteiger partial charge on any atom is 0.243 e. The van der Waals surface area contributed by atoms with Crippen LogP contribution in [0.15, 0.2) is 54.6 Å². The molecule has 0 heterocycles. The van der Waals surface area contributed by atoms with Crippen LogP contribution in [0.5, 0.6) is 5.75 Å². The van der Waals surface area contributed by atoms with Gasteiger partial charge in [-0.05, 0) is 30.2 Å². The number of phenols is 1. The molecule has 2 aromatic carbocycles. The second-order valence-electron chi connectivity index (χ2n) is 6.87. The Kier molecular flexibility index (Phi) is 7.73. The highest BCUT2D eigenvalue weighted by Gasteiger charge is 2.27. The van der Waals surface area contributed by atoms with Crippen LogP contribution >= 0.6 is 0 Å².